The van der Waals surface area contributed by atoms with Crippen molar-refractivity contribution >= 4 is 33.3 Å². The number of thiophene rings is 1. The van der Waals surface area contributed by atoms with Gasteiger partial charge in [-0.2, -0.15) is 0 Å². The molecule has 0 fully saturated rings. The van der Waals surface area contributed by atoms with Crippen molar-refractivity contribution in [2.24, 2.45) is 0 Å². The number of aliphatic carboxylic acids is 1. The molecule has 1 amide bonds. The Labute approximate surface area is 136 Å². The van der Waals surface area contributed by atoms with E-state index < -0.39 is 5.97 Å². The summed E-state index contributed by atoms with van der Waals surface area (Å²) in [4.78, 5) is 32.7. The SMILES string of the molecule is Cc1ncc(CN(CC(=O)O)C(=O)c2cc3ccccc3s2)[nH]1. The van der Waals surface area contributed by atoms with Gasteiger partial charge in [0.05, 0.1) is 23.3 Å². The molecular formula is C16H15N3O3S. The number of hydrogen-bond donors (Lipinski definition) is 2. The molecule has 0 saturated heterocycles. The van der Waals surface area contributed by atoms with Gasteiger partial charge in [-0.15, -0.1) is 11.3 Å². The normalized spacial score (nSPS) is 10.8. The summed E-state index contributed by atoms with van der Waals surface area (Å²) < 4.78 is 1.00. The second-order valence-electron chi connectivity index (χ2n) is 5.20. The standard InChI is InChI=1S/C16H15N3O3S/c1-10-17-7-12(18-10)8-19(9-15(20)21)16(22)14-6-11-4-2-3-5-13(11)23-14/h2-7H,8-9H2,1H3,(H,17,18)(H,20,21). The maximum atomic E-state index is 12.7. The molecule has 3 aromatic rings. The number of carbonyl (C=O) groups excluding carboxylic acids is 1. The number of aryl methyl sites for hydroxylation is 1. The quantitative estimate of drug-likeness (QED) is 0.753. The van der Waals surface area contributed by atoms with Gasteiger partial charge in [0.1, 0.15) is 12.4 Å². The Balaban J connectivity index is 1.88. The van der Waals surface area contributed by atoms with E-state index in [-0.39, 0.29) is 19.0 Å². The highest BCUT2D eigenvalue weighted by Crippen LogP contribution is 2.26. The van der Waals surface area contributed by atoms with E-state index in [1.165, 1.54) is 16.2 Å². The molecule has 0 aliphatic rings. The number of nitrogens with one attached hydrogen (secondary N) is 1. The van der Waals surface area contributed by atoms with Crippen LogP contribution in [-0.2, 0) is 11.3 Å². The molecule has 0 aliphatic heterocycles. The molecule has 6 nitrogen and oxygen atoms in total. The van der Waals surface area contributed by atoms with Crippen LogP contribution in [0.15, 0.2) is 36.5 Å². The number of amides is 1. The zero-order valence-electron chi connectivity index (χ0n) is 12.4. The largest absolute Gasteiger partial charge is 0.480 e. The Hall–Kier alpha value is -2.67. The highest BCUT2D eigenvalue weighted by atomic mass is 32.1. The third kappa shape index (κ3) is 3.40. The highest BCUT2D eigenvalue weighted by molar-refractivity contribution is 7.20. The van der Waals surface area contributed by atoms with Crippen LogP contribution in [-0.4, -0.2) is 38.4 Å². The zero-order chi connectivity index (χ0) is 16.4. The Morgan fingerprint density at radius 3 is 2.78 bits per heavy atom. The Bertz CT molecular complexity index is 835. The Morgan fingerprint density at radius 1 is 1.35 bits per heavy atom. The number of carboxylic acid groups (broad SMARTS) is 1. The molecule has 118 valence electrons. The summed E-state index contributed by atoms with van der Waals surface area (Å²) in [5, 5.41) is 10.1. The third-order valence-corrected chi connectivity index (χ3v) is 4.47. The van der Waals surface area contributed by atoms with Gasteiger partial charge >= 0.3 is 5.97 Å². The lowest BCUT2D eigenvalue weighted by Gasteiger charge is -2.19. The molecule has 3 rings (SSSR count). The first-order valence-electron chi connectivity index (χ1n) is 7.03. The summed E-state index contributed by atoms with van der Waals surface area (Å²) >= 11 is 1.37. The lowest BCUT2D eigenvalue weighted by Crippen LogP contribution is -2.34. The first-order chi connectivity index (χ1) is 11.0. The van der Waals surface area contributed by atoms with Gasteiger partial charge in [-0.3, -0.25) is 9.59 Å². The number of fused-ring (bicyclic) bond motifs is 1. The maximum Gasteiger partial charge on any atom is 0.323 e. The number of hydrogen-bond acceptors (Lipinski definition) is 4. The average Bonchev–Trinajstić information content (AvgIpc) is 3.11. The number of aromatic amines is 1. The minimum absolute atomic E-state index is 0.181. The molecule has 0 atom stereocenters. The van der Waals surface area contributed by atoms with Crippen LogP contribution in [0.5, 0.6) is 0 Å². The lowest BCUT2D eigenvalue weighted by molar-refractivity contribution is -0.137. The van der Waals surface area contributed by atoms with Crippen LogP contribution in [0.2, 0.25) is 0 Å². The minimum atomic E-state index is -1.05. The molecule has 2 aromatic heterocycles. The predicted molar refractivity (Wildman–Crippen MR) is 87.5 cm³/mol. The summed E-state index contributed by atoms with van der Waals surface area (Å²) in [5.41, 5.74) is 0.707. The Morgan fingerprint density at radius 2 is 2.13 bits per heavy atom. The Kier molecular flexibility index (Phi) is 4.12. The summed E-state index contributed by atoms with van der Waals surface area (Å²) in [6.45, 7) is 1.63. The van der Waals surface area contributed by atoms with Crippen LogP contribution in [0.1, 0.15) is 21.2 Å². The van der Waals surface area contributed by atoms with Gasteiger partial charge < -0.3 is 15.0 Å². The molecular weight excluding hydrogens is 314 g/mol. The van der Waals surface area contributed by atoms with Crippen molar-refractivity contribution in [1.29, 1.82) is 0 Å². The van der Waals surface area contributed by atoms with Gasteiger partial charge in [0, 0.05) is 4.70 Å². The zero-order valence-corrected chi connectivity index (χ0v) is 13.3. The third-order valence-electron chi connectivity index (χ3n) is 3.37. The first kappa shape index (κ1) is 15.2. The van der Waals surface area contributed by atoms with E-state index in [1.54, 1.807) is 19.2 Å². The van der Waals surface area contributed by atoms with Crippen molar-refractivity contribution in [3.05, 3.63) is 52.9 Å². The summed E-state index contributed by atoms with van der Waals surface area (Å²) in [7, 11) is 0. The lowest BCUT2D eigenvalue weighted by atomic mass is 10.2. The van der Waals surface area contributed by atoms with Crippen molar-refractivity contribution in [3.8, 4) is 0 Å². The van der Waals surface area contributed by atoms with Crippen molar-refractivity contribution in [2.75, 3.05) is 6.54 Å². The maximum absolute atomic E-state index is 12.7. The number of rotatable bonds is 5. The number of carboxylic acids is 1. The van der Waals surface area contributed by atoms with E-state index in [0.717, 1.165) is 15.9 Å². The van der Waals surface area contributed by atoms with Crippen LogP contribution >= 0.6 is 11.3 Å². The number of imidazole rings is 1. The molecule has 0 spiro atoms. The second kappa shape index (κ2) is 6.21. The summed E-state index contributed by atoms with van der Waals surface area (Å²) in [5.74, 6) is -0.610. The van der Waals surface area contributed by atoms with Crippen molar-refractivity contribution in [3.63, 3.8) is 0 Å². The first-order valence-corrected chi connectivity index (χ1v) is 7.84. The molecule has 1 aromatic carbocycles. The van der Waals surface area contributed by atoms with E-state index in [2.05, 4.69) is 9.97 Å². The van der Waals surface area contributed by atoms with E-state index in [9.17, 15) is 9.59 Å². The molecule has 0 unspecified atom stereocenters. The van der Waals surface area contributed by atoms with Crippen LogP contribution in [0, 0.1) is 6.92 Å². The van der Waals surface area contributed by atoms with Crippen LogP contribution in [0.25, 0.3) is 10.1 Å². The second-order valence-corrected chi connectivity index (χ2v) is 6.28. The van der Waals surface area contributed by atoms with E-state index >= 15 is 0 Å². The fraction of sp³-hybridized carbons (Fsp3) is 0.188. The number of H-pyrrole nitrogens is 1. The topological polar surface area (TPSA) is 86.3 Å². The molecule has 7 heteroatoms. The van der Waals surface area contributed by atoms with Gasteiger partial charge in [-0.1, -0.05) is 18.2 Å². The average molecular weight is 329 g/mol. The molecule has 2 heterocycles. The van der Waals surface area contributed by atoms with Crippen molar-refractivity contribution < 1.29 is 14.7 Å². The molecule has 0 bridgehead atoms. The fourth-order valence-electron chi connectivity index (χ4n) is 2.36. The van der Waals surface area contributed by atoms with Gasteiger partial charge in [0.15, 0.2) is 0 Å². The highest BCUT2D eigenvalue weighted by Gasteiger charge is 2.21. The molecule has 0 saturated carbocycles. The summed E-state index contributed by atoms with van der Waals surface area (Å²) in [6, 6.07) is 9.50. The molecule has 0 aliphatic carbocycles. The van der Waals surface area contributed by atoms with Gasteiger partial charge in [-0.05, 0) is 24.4 Å². The van der Waals surface area contributed by atoms with Crippen LogP contribution in [0.3, 0.4) is 0 Å². The number of benzene rings is 1. The smallest absolute Gasteiger partial charge is 0.323 e. The van der Waals surface area contributed by atoms with Gasteiger partial charge in [0.25, 0.3) is 5.91 Å². The van der Waals surface area contributed by atoms with E-state index in [0.29, 0.717) is 10.6 Å². The van der Waals surface area contributed by atoms with Gasteiger partial charge in [0.2, 0.25) is 0 Å². The van der Waals surface area contributed by atoms with Crippen molar-refractivity contribution in [1.82, 2.24) is 14.9 Å². The fourth-order valence-corrected chi connectivity index (χ4v) is 3.39. The van der Waals surface area contributed by atoms with Crippen LogP contribution < -0.4 is 0 Å². The number of aromatic nitrogens is 2. The van der Waals surface area contributed by atoms with Crippen molar-refractivity contribution in [2.45, 2.75) is 13.5 Å². The molecule has 2 N–H and O–H groups in total. The van der Waals surface area contributed by atoms with E-state index in [4.69, 9.17) is 5.11 Å². The predicted octanol–water partition coefficient (Wildman–Crippen LogP) is 2.66. The monoisotopic (exact) mass is 329 g/mol. The minimum Gasteiger partial charge on any atom is -0.480 e. The summed E-state index contributed by atoms with van der Waals surface area (Å²) in [6.07, 6.45) is 1.61. The van der Waals surface area contributed by atoms with E-state index in [1.807, 2.05) is 24.3 Å². The van der Waals surface area contributed by atoms with Gasteiger partial charge in [-0.25, -0.2) is 4.98 Å². The molecule has 23 heavy (non-hydrogen) atoms. The van der Waals surface area contributed by atoms with Crippen LogP contribution in [0.4, 0.5) is 0 Å². The number of nitrogens with zero attached hydrogens (tertiary/aromatic N) is 2. The molecule has 0 radical (unpaired) electrons. The number of carbonyl (C=O) groups is 2.